The zero-order valence-electron chi connectivity index (χ0n) is 13.0. The van der Waals surface area contributed by atoms with Crippen molar-refractivity contribution in [3.8, 4) is 16.3 Å². The smallest absolute Gasteiger partial charge is 0.212 e. The summed E-state index contributed by atoms with van der Waals surface area (Å²) in [6.45, 7) is 2.38. The highest BCUT2D eigenvalue weighted by molar-refractivity contribution is 7.20. The molecule has 0 amide bonds. The van der Waals surface area contributed by atoms with Crippen molar-refractivity contribution in [3.05, 3.63) is 35.9 Å². The largest absolute Gasteiger partial charge is 0.496 e. The summed E-state index contributed by atoms with van der Waals surface area (Å²) in [5.74, 6) is 1.50. The topological polar surface area (TPSA) is 61.8 Å². The van der Waals surface area contributed by atoms with E-state index >= 15 is 0 Å². The van der Waals surface area contributed by atoms with Crippen LogP contribution in [0.2, 0.25) is 0 Å². The number of aryl methyl sites for hydroxylation is 1. The molecule has 0 unspecified atom stereocenters. The molecular formula is C16H15N3O3S. The second kappa shape index (κ2) is 5.36. The quantitative estimate of drug-likeness (QED) is 0.572. The van der Waals surface area contributed by atoms with Gasteiger partial charge in [-0.2, -0.15) is 5.10 Å². The molecule has 4 aromatic rings. The van der Waals surface area contributed by atoms with E-state index in [1.165, 1.54) is 11.3 Å². The van der Waals surface area contributed by atoms with E-state index in [9.17, 15) is 0 Å². The number of nitrogens with zero attached hydrogens (tertiary/aromatic N) is 3. The molecule has 0 radical (unpaired) electrons. The molecule has 0 atom stereocenters. The van der Waals surface area contributed by atoms with Crippen molar-refractivity contribution in [2.24, 2.45) is 0 Å². The van der Waals surface area contributed by atoms with Crippen LogP contribution in [0, 0.1) is 6.92 Å². The number of furan rings is 1. The van der Waals surface area contributed by atoms with Gasteiger partial charge in [0.1, 0.15) is 23.7 Å². The second-order valence-corrected chi connectivity index (χ2v) is 6.18. The predicted octanol–water partition coefficient (Wildman–Crippen LogP) is 3.67. The fourth-order valence-electron chi connectivity index (χ4n) is 2.63. The minimum atomic E-state index is 0.427. The van der Waals surface area contributed by atoms with Crippen LogP contribution < -0.4 is 4.74 Å². The van der Waals surface area contributed by atoms with Crippen LogP contribution in [0.25, 0.3) is 26.5 Å². The Balaban J connectivity index is 1.96. The third-order valence-electron chi connectivity index (χ3n) is 3.58. The van der Waals surface area contributed by atoms with Gasteiger partial charge < -0.3 is 13.9 Å². The average molecular weight is 329 g/mol. The Bertz CT molecular complexity index is 967. The Hall–Kier alpha value is -2.38. The van der Waals surface area contributed by atoms with E-state index in [-0.39, 0.29) is 0 Å². The van der Waals surface area contributed by atoms with Gasteiger partial charge in [0, 0.05) is 12.5 Å². The van der Waals surface area contributed by atoms with Crippen molar-refractivity contribution in [1.82, 2.24) is 14.6 Å². The number of aromatic nitrogens is 3. The lowest BCUT2D eigenvalue weighted by Gasteiger charge is -2.05. The number of hydrogen-bond donors (Lipinski definition) is 0. The minimum absolute atomic E-state index is 0.427. The standard InChI is InChI=1S/C16H15N3O3S/c1-9-7-19-16(17-9)23-15(18-19)13-12(21-3)5-4-10-6-11(8-20-2)22-14(10)13/h4-7H,8H2,1-3H3. The monoisotopic (exact) mass is 329 g/mol. The Morgan fingerprint density at radius 1 is 1.30 bits per heavy atom. The second-order valence-electron chi connectivity index (χ2n) is 5.22. The van der Waals surface area contributed by atoms with Crippen LogP contribution in [0.15, 0.2) is 28.8 Å². The zero-order chi connectivity index (χ0) is 16.0. The first-order valence-corrected chi connectivity index (χ1v) is 7.93. The highest BCUT2D eigenvalue weighted by Crippen LogP contribution is 2.40. The van der Waals surface area contributed by atoms with Crippen molar-refractivity contribution >= 4 is 27.3 Å². The van der Waals surface area contributed by atoms with Crippen LogP contribution in [0.3, 0.4) is 0 Å². The summed E-state index contributed by atoms with van der Waals surface area (Å²) in [7, 11) is 3.29. The highest BCUT2D eigenvalue weighted by Gasteiger charge is 2.19. The number of imidazole rings is 1. The molecule has 0 aliphatic heterocycles. The summed E-state index contributed by atoms with van der Waals surface area (Å²) in [5.41, 5.74) is 2.55. The Morgan fingerprint density at radius 3 is 2.91 bits per heavy atom. The van der Waals surface area contributed by atoms with Gasteiger partial charge in [-0.15, -0.1) is 0 Å². The maximum atomic E-state index is 5.96. The van der Waals surface area contributed by atoms with Crippen molar-refractivity contribution in [2.75, 3.05) is 14.2 Å². The van der Waals surface area contributed by atoms with Gasteiger partial charge in [-0.3, -0.25) is 0 Å². The Kier molecular flexibility index (Phi) is 3.32. The minimum Gasteiger partial charge on any atom is -0.496 e. The fourth-order valence-corrected chi connectivity index (χ4v) is 3.61. The number of rotatable bonds is 4. The maximum Gasteiger partial charge on any atom is 0.212 e. The first-order valence-electron chi connectivity index (χ1n) is 7.11. The van der Waals surface area contributed by atoms with Gasteiger partial charge in [-0.1, -0.05) is 11.3 Å². The average Bonchev–Trinajstić information content (AvgIpc) is 3.18. The molecule has 3 heterocycles. The maximum absolute atomic E-state index is 5.96. The lowest BCUT2D eigenvalue weighted by molar-refractivity contribution is 0.166. The van der Waals surface area contributed by atoms with E-state index in [0.717, 1.165) is 43.7 Å². The normalized spacial score (nSPS) is 11.6. The highest BCUT2D eigenvalue weighted by atomic mass is 32.1. The van der Waals surface area contributed by atoms with E-state index in [1.807, 2.05) is 31.3 Å². The molecule has 0 aliphatic carbocycles. The molecule has 0 saturated heterocycles. The molecule has 0 saturated carbocycles. The van der Waals surface area contributed by atoms with E-state index < -0.39 is 0 Å². The Labute approximate surface area is 136 Å². The predicted molar refractivity (Wildman–Crippen MR) is 88.1 cm³/mol. The third kappa shape index (κ3) is 2.29. The fraction of sp³-hybridized carbons (Fsp3) is 0.250. The summed E-state index contributed by atoms with van der Waals surface area (Å²) in [4.78, 5) is 5.30. The van der Waals surface area contributed by atoms with E-state index in [0.29, 0.717) is 6.61 Å². The van der Waals surface area contributed by atoms with Crippen LogP contribution in [-0.4, -0.2) is 28.8 Å². The Morgan fingerprint density at radius 2 is 2.17 bits per heavy atom. The molecule has 0 spiro atoms. The van der Waals surface area contributed by atoms with Gasteiger partial charge in [-0.05, 0) is 25.1 Å². The molecule has 0 fully saturated rings. The van der Waals surface area contributed by atoms with Crippen LogP contribution >= 0.6 is 11.3 Å². The molecule has 4 rings (SSSR count). The van der Waals surface area contributed by atoms with Crippen LogP contribution in [-0.2, 0) is 11.3 Å². The van der Waals surface area contributed by atoms with Crippen molar-refractivity contribution in [3.63, 3.8) is 0 Å². The number of hydrogen-bond acceptors (Lipinski definition) is 6. The molecule has 1 aromatic carbocycles. The molecule has 118 valence electrons. The number of benzene rings is 1. The van der Waals surface area contributed by atoms with E-state index in [2.05, 4.69) is 10.1 Å². The van der Waals surface area contributed by atoms with E-state index in [4.69, 9.17) is 13.9 Å². The molecule has 0 aliphatic rings. The summed E-state index contributed by atoms with van der Waals surface area (Å²) < 4.78 is 18.4. The van der Waals surface area contributed by atoms with Gasteiger partial charge in [0.05, 0.1) is 24.6 Å². The summed E-state index contributed by atoms with van der Waals surface area (Å²) >= 11 is 1.51. The number of fused-ring (bicyclic) bond motifs is 2. The first-order chi connectivity index (χ1) is 11.2. The van der Waals surface area contributed by atoms with Crippen LogP contribution in [0.5, 0.6) is 5.75 Å². The zero-order valence-corrected chi connectivity index (χ0v) is 13.8. The van der Waals surface area contributed by atoms with Crippen molar-refractivity contribution < 1.29 is 13.9 Å². The van der Waals surface area contributed by atoms with Gasteiger partial charge in [0.15, 0.2) is 5.01 Å². The lowest BCUT2D eigenvalue weighted by Crippen LogP contribution is -1.89. The summed E-state index contributed by atoms with van der Waals surface area (Å²) in [6, 6.07) is 5.88. The third-order valence-corrected chi connectivity index (χ3v) is 4.52. The summed E-state index contributed by atoms with van der Waals surface area (Å²) in [5, 5.41) is 6.43. The number of methoxy groups -OCH3 is 2. The SMILES string of the molecule is COCc1cc2ccc(OC)c(-c3nn4cc(C)nc4s3)c2o1. The van der Waals surface area contributed by atoms with Crippen molar-refractivity contribution in [2.45, 2.75) is 13.5 Å². The molecule has 23 heavy (non-hydrogen) atoms. The molecule has 7 heteroatoms. The van der Waals surface area contributed by atoms with E-state index in [1.54, 1.807) is 18.7 Å². The van der Waals surface area contributed by atoms with Crippen LogP contribution in [0.1, 0.15) is 11.5 Å². The molecule has 0 bridgehead atoms. The lowest BCUT2D eigenvalue weighted by atomic mass is 10.1. The van der Waals surface area contributed by atoms with Gasteiger partial charge in [-0.25, -0.2) is 9.50 Å². The van der Waals surface area contributed by atoms with Gasteiger partial charge >= 0.3 is 0 Å². The molecule has 6 nitrogen and oxygen atoms in total. The molecule has 3 aromatic heterocycles. The van der Waals surface area contributed by atoms with Crippen molar-refractivity contribution in [1.29, 1.82) is 0 Å². The van der Waals surface area contributed by atoms with Crippen LogP contribution in [0.4, 0.5) is 0 Å². The molecular weight excluding hydrogens is 314 g/mol. The van der Waals surface area contributed by atoms with Gasteiger partial charge in [0.25, 0.3) is 0 Å². The number of ether oxygens (including phenoxy) is 2. The molecule has 0 N–H and O–H groups in total. The van der Waals surface area contributed by atoms with Gasteiger partial charge in [0.2, 0.25) is 4.96 Å². The summed E-state index contributed by atoms with van der Waals surface area (Å²) in [6.07, 6.45) is 1.90. The first kappa shape index (κ1) is 14.2.